The minimum Gasteiger partial charge on any atom is -0.355 e. The maximum atomic E-state index is 6.28. The van der Waals surface area contributed by atoms with Gasteiger partial charge in [-0.05, 0) is 70.5 Å². The van der Waals surface area contributed by atoms with E-state index in [2.05, 4.69) is 38.5 Å². The van der Waals surface area contributed by atoms with Gasteiger partial charge in [0.1, 0.15) is 0 Å². The molecule has 0 saturated carbocycles. The molecule has 0 aliphatic carbocycles. The minimum atomic E-state index is 0.245. The van der Waals surface area contributed by atoms with Crippen molar-refractivity contribution in [1.82, 2.24) is 20.4 Å². The zero-order chi connectivity index (χ0) is 19.1. The summed E-state index contributed by atoms with van der Waals surface area (Å²) in [6, 6.07) is 7.96. The largest absolute Gasteiger partial charge is 0.355 e. The van der Waals surface area contributed by atoms with Gasteiger partial charge in [0.2, 0.25) is 0 Å². The van der Waals surface area contributed by atoms with E-state index in [9.17, 15) is 0 Å². The molecule has 27 heavy (non-hydrogen) atoms. The molecule has 0 amide bonds. The number of guanidine groups is 1. The van der Waals surface area contributed by atoms with Gasteiger partial charge in [-0.2, -0.15) is 0 Å². The van der Waals surface area contributed by atoms with E-state index >= 15 is 0 Å². The van der Waals surface area contributed by atoms with Gasteiger partial charge in [-0.25, -0.2) is 0 Å². The molecule has 1 aromatic carbocycles. The highest BCUT2D eigenvalue weighted by atomic mass is 35.5. The van der Waals surface area contributed by atoms with Crippen LogP contribution >= 0.6 is 11.6 Å². The molecular weight excluding hydrogens is 358 g/mol. The first-order valence-electron chi connectivity index (χ1n) is 10.2. The van der Waals surface area contributed by atoms with Gasteiger partial charge in [-0.3, -0.25) is 9.89 Å². The number of aliphatic imine (C=N–C) groups is 1. The van der Waals surface area contributed by atoms with Crippen molar-refractivity contribution in [2.24, 2.45) is 4.99 Å². The highest BCUT2D eigenvalue weighted by Gasteiger charge is 2.39. The van der Waals surface area contributed by atoms with Crippen LogP contribution in [0.2, 0.25) is 5.02 Å². The average Bonchev–Trinajstić information content (AvgIpc) is 2.71. The number of nitrogens with zero attached hydrogens (tertiary/aromatic N) is 3. The average molecular weight is 392 g/mol. The van der Waals surface area contributed by atoms with Crippen LogP contribution in [0, 0.1) is 0 Å². The van der Waals surface area contributed by atoms with Gasteiger partial charge >= 0.3 is 0 Å². The molecule has 0 radical (unpaired) electrons. The monoisotopic (exact) mass is 391 g/mol. The summed E-state index contributed by atoms with van der Waals surface area (Å²) in [7, 11) is 4.07. The lowest BCUT2D eigenvalue weighted by atomic mass is 9.84. The van der Waals surface area contributed by atoms with E-state index in [0.29, 0.717) is 6.54 Å². The van der Waals surface area contributed by atoms with Crippen LogP contribution < -0.4 is 10.6 Å². The topological polar surface area (TPSA) is 42.9 Å². The predicted molar refractivity (Wildman–Crippen MR) is 115 cm³/mol. The van der Waals surface area contributed by atoms with Crippen molar-refractivity contribution >= 4 is 17.6 Å². The third-order valence-electron chi connectivity index (χ3n) is 6.16. The second kappa shape index (κ2) is 9.76. The molecule has 2 aliphatic heterocycles. The number of piperidine rings is 2. The van der Waals surface area contributed by atoms with Crippen molar-refractivity contribution in [3.63, 3.8) is 0 Å². The molecule has 0 spiro atoms. The first kappa shape index (κ1) is 20.4. The summed E-state index contributed by atoms with van der Waals surface area (Å²) in [5.74, 6) is 0.852. The first-order valence-corrected chi connectivity index (χ1v) is 10.6. The van der Waals surface area contributed by atoms with Crippen LogP contribution in [-0.2, 0) is 6.54 Å². The smallest absolute Gasteiger partial charge is 0.191 e. The van der Waals surface area contributed by atoms with Crippen molar-refractivity contribution in [2.75, 3.05) is 46.8 Å². The fourth-order valence-electron chi connectivity index (χ4n) is 4.30. The van der Waals surface area contributed by atoms with E-state index in [-0.39, 0.29) is 5.54 Å². The van der Waals surface area contributed by atoms with E-state index in [1.54, 1.807) is 0 Å². The number of rotatable bonds is 5. The molecule has 0 atom stereocenters. The van der Waals surface area contributed by atoms with Gasteiger partial charge in [0, 0.05) is 30.7 Å². The van der Waals surface area contributed by atoms with Crippen molar-refractivity contribution in [2.45, 2.75) is 44.2 Å². The van der Waals surface area contributed by atoms with E-state index in [1.807, 2.05) is 25.2 Å². The lowest BCUT2D eigenvalue weighted by Gasteiger charge is -2.50. The molecule has 2 saturated heterocycles. The van der Waals surface area contributed by atoms with Gasteiger partial charge < -0.3 is 15.5 Å². The summed E-state index contributed by atoms with van der Waals surface area (Å²) in [5.41, 5.74) is 1.33. The van der Waals surface area contributed by atoms with Gasteiger partial charge in [0.15, 0.2) is 5.96 Å². The van der Waals surface area contributed by atoms with Crippen LogP contribution in [0.3, 0.4) is 0 Å². The van der Waals surface area contributed by atoms with Crippen LogP contribution in [0.25, 0.3) is 0 Å². The Morgan fingerprint density at radius 1 is 1.07 bits per heavy atom. The van der Waals surface area contributed by atoms with Crippen molar-refractivity contribution in [1.29, 1.82) is 0 Å². The molecule has 2 N–H and O–H groups in total. The maximum Gasteiger partial charge on any atom is 0.191 e. The Bertz CT molecular complexity index is 619. The molecule has 2 fully saturated rings. The third-order valence-corrected chi connectivity index (χ3v) is 6.53. The Hall–Kier alpha value is -1.30. The van der Waals surface area contributed by atoms with E-state index < -0.39 is 0 Å². The SMILES string of the molecule is CN=C(NCc1ccccc1Cl)NCC1(N2CCCCC2)CCN(C)CC1. The summed E-state index contributed by atoms with van der Waals surface area (Å²) < 4.78 is 0. The molecule has 150 valence electrons. The molecule has 0 unspecified atom stereocenters. The number of halogens is 1. The fourth-order valence-corrected chi connectivity index (χ4v) is 4.50. The number of likely N-dealkylation sites (tertiary alicyclic amines) is 2. The molecule has 0 aromatic heterocycles. The molecule has 6 heteroatoms. The van der Waals surface area contributed by atoms with Crippen LogP contribution in [0.4, 0.5) is 0 Å². The predicted octanol–water partition coefficient (Wildman–Crippen LogP) is 2.96. The van der Waals surface area contributed by atoms with Crippen LogP contribution in [0.5, 0.6) is 0 Å². The highest BCUT2D eigenvalue weighted by Crippen LogP contribution is 2.30. The third kappa shape index (κ3) is 5.37. The molecule has 1 aromatic rings. The van der Waals surface area contributed by atoms with Crippen LogP contribution in [0.15, 0.2) is 29.3 Å². The number of benzene rings is 1. The summed E-state index contributed by atoms with van der Waals surface area (Å²) in [5, 5.41) is 7.83. The second-order valence-electron chi connectivity index (χ2n) is 7.95. The summed E-state index contributed by atoms with van der Waals surface area (Å²) in [6.07, 6.45) is 6.48. The van der Waals surface area contributed by atoms with E-state index in [1.165, 1.54) is 58.3 Å². The van der Waals surface area contributed by atoms with Crippen molar-refractivity contribution in [3.05, 3.63) is 34.9 Å². The standard InChI is InChI=1S/C21H34ClN5/c1-23-20(24-16-18-8-4-5-9-19(18)22)25-17-21(10-14-26(2)15-11-21)27-12-6-3-7-13-27/h4-5,8-9H,3,6-7,10-17H2,1-2H3,(H2,23,24,25). The Morgan fingerprint density at radius 3 is 2.44 bits per heavy atom. The van der Waals surface area contributed by atoms with Gasteiger partial charge in [-0.1, -0.05) is 36.2 Å². The molecule has 5 nitrogen and oxygen atoms in total. The minimum absolute atomic E-state index is 0.245. The Morgan fingerprint density at radius 2 is 1.78 bits per heavy atom. The summed E-state index contributed by atoms with van der Waals surface area (Å²) in [4.78, 5) is 9.63. The lowest BCUT2D eigenvalue weighted by Crippen LogP contribution is -2.62. The quantitative estimate of drug-likeness (QED) is 0.598. The van der Waals surface area contributed by atoms with Gasteiger partial charge in [0.25, 0.3) is 0 Å². The summed E-state index contributed by atoms with van der Waals surface area (Å²) in [6.45, 7) is 6.43. The van der Waals surface area contributed by atoms with E-state index in [4.69, 9.17) is 11.6 Å². The second-order valence-corrected chi connectivity index (χ2v) is 8.35. The molecule has 2 heterocycles. The summed E-state index contributed by atoms with van der Waals surface area (Å²) >= 11 is 6.28. The molecular formula is C21H34ClN5. The Kier molecular flexibility index (Phi) is 7.39. The molecule has 3 rings (SSSR count). The lowest BCUT2D eigenvalue weighted by molar-refractivity contribution is 0.0173. The molecule has 2 aliphatic rings. The number of hydrogen-bond donors (Lipinski definition) is 2. The van der Waals surface area contributed by atoms with E-state index in [0.717, 1.165) is 23.1 Å². The first-order chi connectivity index (χ1) is 13.1. The Balaban J connectivity index is 1.60. The maximum absolute atomic E-state index is 6.28. The number of nitrogens with one attached hydrogen (secondary N) is 2. The zero-order valence-electron chi connectivity index (χ0n) is 16.8. The van der Waals surface area contributed by atoms with Gasteiger partial charge in [0.05, 0.1) is 0 Å². The van der Waals surface area contributed by atoms with Crippen molar-refractivity contribution < 1.29 is 0 Å². The highest BCUT2D eigenvalue weighted by molar-refractivity contribution is 6.31. The number of hydrogen-bond acceptors (Lipinski definition) is 3. The van der Waals surface area contributed by atoms with Crippen LogP contribution in [-0.4, -0.2) is 68.1 Å². The van der Waals surface area contributed by atoms with Crippen LogP contribution in [0.1, 0.15) is 37.7 Å². The normalized spacial score (nSPS) is 21.8. The van der Waals surface area contributed by atoms with Gasteiger partial charge in [-0.15, -0.1) is 0 Å². The Labute approximate surface area is 169 Å². The molecule has 0 bridgehead atoms. The fraction of sp³-hybridized carbons (Fsp3) is 0.667. The zero-order valence-corrected chi connectivity index (χ0v) is 17.6. The van der Waals surface area contributed by atoms with Crippen molar-refractivity contribution in [3.8, 4) is 0 Å².